The van der Waals surface area contributed by atoms with Gasteiger partial charge in [0.1, 0.15) is 0 Å². The van der Waals surface area contributed by atoms with E-state index in [0.29, 0.717) is 6.42 Å². The molecule has 0 saturated carbocycles. The number of carbonyl (C=O) groups excluding carboxylic acids is 1. The molecule has 0 unspecified atom stereocenters. The highest BCUT2D eigenvalue weighted by Gasteiger charge is 2.02. The lowest BCUT2D eigenvalue weighted by Gasteiger charge is -2.11. The van der Waals surface area contributed by atoms with E-state index in [0.717, 1.165) is 16.9 Å². The highest BCUT2D eigenvalue weighted by Crippen LogP contribution is 2.17. The molecule has 0 radical (unpaired) electrons. The fourth-order valence-electron chi connectivity index (χ4n) is 1.81. The van der Waals surface area contributed by atoms with Crippen molar-refractivity contribution in [2.24, 2.45) is 4.99 Å². The number of anilines is 1. The van der Waals surface area contributed by atoms with Crippen molar-refractivity contribution >= 4 is 23.4 Å². The first-order chi connectivity index (χ1) is 9.66. The Kier molecular flexibility index (Phi) is 4.66. The minimum absolute atomic E-state index is 0.0826. The summed E-state index contributed by atoms with van der Waals surface area (Å²) in [6.45, 7) is 0. The molecule has 2 aromatic rings. The van der Waals surface area contributed by atoms with Gasteiger partial charge in [0, 0.05) is 38.0 Å². The molecule has 0 aliphatic heterocycles. The van der Waals surface area contributed by atoms with Crippen molar-refractivity contribution in [1.29, 1.82) is 0 Å². The van der Waals surface area contributed by atoms with Crippen LogP contribution in [0.4, 0.5) is 11.4 Å². The number of rotatable bonds is 5. The van der Waals surface area contributed by atoms with Crippen LogP contribution in [-0.4, -0.2) is 26.1 Å². The summed E-state index contributed by atoms with van der Waals surface area (Å²) in [5, 5.41) is 0. The van der Waals surface area contributed by atoms with E-state index in [1.165, 1.54) is 0 Å². The van der Waals surface area contributed by atoms with Gasteiger partial charge >= 0.3 is 0 Å². The van der Waals surface area contributed by atoms with E-state index in [1.807, 2.05) is 73.6 Å². The molecule has 2 rings (SSSR count). The fraction of sp³-hybridized carbons (Fsp3) is 0.176. The maximum atomic E-state index is 11.9. The Hall–Kier alpha value is -2.42. The highest BCUT2D eigenvalue weighted by atomic mass is 16.1. The second-order valence-corrected chi connectivity index (χ2v) is 4.72. The molecule has 3 heteroatoms. The van der Waals surface area contributed by atoms with E-state index < -0.39 is 0 Å². The van der Waals surface area contributed by atoms with Crippen LogP contribution in [0, 0.1) is 0 Å². The predicted molar refractivity (Wildman–Crippen MR) is 84.3 cm³/mol. The average Bonchev–Trinajstić information content (AvgIpc) is 2.48. The molecule has 0 N–H and O–H groups in total. The predicted octanol–water partition coefficient (Wildman–Crippen LogP) is 3.73. The van der Waals surface area contributed by atoms with Gasteiger partial charge in [-0.05, 0) is 24.3 Å². The Morgan fingerprint density at radius 2 is 1.70 bits per heavy atom. The monoisotopic (exact) mass is 266 g/mol. The van der Waals surface area contributed by atoms with Crippen molar-refractivity contribution in [1.82, 2.24) is 0 Å². The lowest BCUT2D eigenvalue weighted by molar-refractivity contribution is 0.100. The summed E-state index contributed by atoms with van der Waals surface area (Å²) in [4.78, 5) is 18.2. The second-order valence-electron chi connectivity index (χ2n) is 4.72. The largest absolute Gasteiger partial charge is 0.378 e. The Morgan fingerprint density at radius 1 is 1.05 bits per heavy atom. The van der Waals surface area contributed by atoms with Crippen molar-refractivity contribution < 1.29 is 4.79 Å². The minimum atomic E-state index is 0.0826. The van der Waals surface area contributed by atoms with Crippen molar-refractivity contribution in [3.8, 4) is 0 Å². The smallest absolute Gasteiger partial charge is 0.168 e. The zero-order chi connectivity index (χ0) is 14.4. The summed E-state index contributed by atoms with van der Waals surface area (Å²) in [5.74, 6) is 0.0826. The molecule has 0 fully saturated rings. The molecule has 0 bridgehead atoms. The highest BCUT2D eigenvalue weighted by molar-refractivity contribution is 6.03. The fourth-order valence-corrected chi connectivity index (χ4v) is 1.81. The first kappa shape index (κ1) is 14.0. The van der Waals surface area contributed by atoms with Crippen LogP contribution in [-0.2, 0) is 0 Å². The molecule has 0 atom stereocenters. The topological polar surface area (TPSA) is 32.7 Å². The van der Waals surface area contributed by atoms with E-state index in [2.05, 4.69) is 4.99 Å². The molecule has 0 aromatic heterocycles. The Bertz CT molecular complexity index is 586. The van der Waals surface area contributed by atoms with E-state index in [9.17, 15) is 4.79 Å². The van der Waals surface area contributed by atoms with Gasteiger partial charge in [-0.2, -0.15) is 0 Å². The van der Waals surface area contributed by atoms with Gasteiger partial charge in [-0.3, -0.25) is 9.79 Å². The number of aliphatic imine (C=N–C) groups is 1. The van der Waals surface area contributed by atoms with Crippen molar-refractivity contribution in [2.75, 3.05) is 19.0 Å². The molecule has 0 aliphatic rings. The van der Waals surface area contributed by atoms with E-state index >= 15 is 0 Å². The van der Waals surface area contributed by atoms with E-state index in [4.69, 9.17) is 0 Å². The van der Waals surface area contributed by atoms with Crippen LogP contribution in [0.2, 0.25) is 0 Å². The van der Waals surface area contributed by atoms with Gasteiger partial charge in [0.2, 0.25) is 0 Å². The third-order valence-electron chi connectivity index (χ3n) is 2.98. The van der Waals surface area contributed by atoms with Crippen LogP contribution in [0.3, 0.4) is 0 Å². The first-order valence-electron chi connectivity index (χ1n) is 6.55. The SMILES string of the molecule is CN(C)c1ccc(N=CCC(=O)c2ccccc2)cc1. The van der Waals surface area contributed by atoms with Gasteiger partial charge in [0.15, 0.2) is 5.78 Å². The van der Waals surface area contributed by atoms with Crippen LogP contribution in [0.1, 0.15) is 16.8 Å². The standard InChI is InChI=1S/C17H18N2O/c1-19(2)16-10-8-15(9-11-16)18-13-12-17(20)14-6-4-3-5-7-14/h3-11,13H,12H2,1-2H3. The Labute approximate surface area is 119 Å². The van der Waals surface area contributed by atoms with Gasteiger partial charge in [0.25, 0.3) is 0 Å². The van der Waals surface area contributed by atoms with Crippen LogP contribution in [0.15, 0.2) is 59.6 Å². The summed E-state index contributed by atoms with van der Waals surface area (Å²) in [5.41, 5.74) is 2.71. The second kappa shape index (κ2) is 6.66. The maximum absolute atomic E-state index is 11.9. The number of carbonyl (C=O) groups is 1. The third-order valence-corrected chi connectivity index (χ3v) is 2.98. The summed E-state index contributed by atoms with van der Waals surface area (Å²) in [6, 6.07) is 17.2. The van der Waals surface area contributed by atoms with E-state index in [1.54, 1.807) is 6.21 Å². The normalized spacial score (nSPS) is 10.7. The number of hydrogen-bond donors (Lipinski definition) is 0. The molecule has 0 heterocycles. The molecule has 0 aliphatic carbocycles. The quantitative estimate of drug-likeness (QED) is 0.610. The summed E-state index contributed by atoms with van der Waals surface area (Å²) in [6.07, 6.45) is 1.99. The van der Waals surface area contributed by atoms with Crippen LogP contribution >= 0.6 is 0 Å². The number of nitrogens with zero attached hydrogens (tertiary/aromatic N) is 2. The molecule has 0 spiro atoms. The number of hydrogen-bond acceptors (Lipinski definition) is 3. The maximum Gasteiger partial charge on any atom is 0.168 e. The number of benzene rings is 2. The lowest BCUT2D eigenvalue weighted by Crippen LogP contribution is -2.07. The first-order valence-corrected chi connectivity index (χ1v) is 6.55. The molecule has 0 amide bonds. The van der Waals surface area contributed by atoms with Gasteiger partial charge in [-0.15, -0.1) is 0 Å². The zero-order valence-electron chi connectivity index (χ0n) is 11.8. The molecule has 3 nitrogen and oxygen atoms in total. The molecule has 2 aromatic carbocycles. The van der Waals surface area contributed by atoms with Crippen molar-refractivity contribution in [3.63, 3.8) is 0 Å². The summed E-state index contributed by atoms with van der Waals surface area (Å²) < 4.78 is 0. The number of Topliss-reactive ketones (excluding diaryl/α,β-unsaturated/α-hetero) is 1. The Balaban J connectivity index is 1.95. The molecule has 102 valence electrons. The van der Waals surface area contributed by atoms with Gasteiger partial charge in [-0.25, -0.2) is 0 Å². The van der Waals surface area contributed by atoms with Crippen LogP contribution in [0.25, 0.3) is 0 Å². The molecule has 20 heavy (non-hydrogen) atoms. The zero-order valence-corrected chi connectivity index (χ0v) is 11.8. The van der Waals surface area contributed by atoms with Gasteiger partial charge in [-0.1, -0.05) is 30.3 Å². The molecule has 0 saturated heterocycles. The lowest BCUT2D eigenvalue weighted by atomic mass is 10.1. The van der Waals surface area contributed by atoms with E-state index in [-0.39, 0.29) is 5.78 Å². The minimum Gasteiger partial charge on any atom is -0.378 e. The molecular formula is C17H18N2O. The third kappa shape index (κ3) is 3.79. The number of ketones is 1. The average molecular weight is 266 g/mol. The van der Waals surface area contributed by atoms with Crippen molar-refractivity contribution in [2.45, 2.75) is 6.42 Å². The van der Waals surface area contributed by atoms with Gasteiger partial charge in [0.05, 0.1) is 5.69 Å². The van der Waals surface area contributed by atoms with Gasteiger partial charge < -0.3 is 4.90 Å². The Morgan fingerprint density at radius 3 is 2.30 bits per heavy atom. The van der Waals surface area contributed by atoms with Crippen molar-refractivity contribution in [3.05, 3.63) is 60.2 Å². The van der Waals surface area contributed by atoms with Crippen LogP contribution < -0.4 is 4.90 Å². The summed E-state index contributed by atoms with van der Waals surface area (Å²) >= 11 is 0. The molecular weight excluding hydrogens is 248 g/mol. The van der Waals surface area contributed by atoms with Crippen LogP contribution in [0.5, 0.6) is 0 Å². The summed E-state index contributed by atoms with van der Waals surface area (Å²) in [7, 11) is 3.99.